The van der Waals surface area contributed by atoms with E-state index in [1.807, 2.05) is 6.26 Å². The Bertz CT molecular complexity index is 400. The smallest absolute Gasteiger partial charge is 0.159 e. The molecule has 0 amide bonds. The van der Waals surface area contributed by atoms with Crippen LogP contribution < -0.4 is 0 Å². The van der Waals surface area contributed by atoms with Crippen LogP contribution in [-0.2, 0) is 0 Å². The molecule has 1 N–H and O–H groups in total. The van der Waals surface area contributed by atoms with Crippen molar-refractivity contribution in [2.45, 2.75) is 0 Å². The highest BCUT2D eigenvalue weighted by atomic mass is 32.2. The lowest BCUT2D eigenvalue weighted by Crippen LogP contribution is -1.84. The van der Waals surface area contributed by atoms with E-state index in [1.165, 1.54) is 30.0 Å². The van der Waals surface area contributed by atoms with Crippen LogP contribution in [0.2, 0.25) is 0 Å². The van der Waals surface area contributed by atoms with Crippen LogP contribution in [0, 0.1) is 11.6 Å². The monoisotopic (exact) mass is 228 g/mol. The van der Waals surface area contributed by atoms with Gasteiger partial charge in [0.1, 0.15) is 5.76 Å². The fraction of sp³-hybridized carbons (Fsp3) is 0.0909. The van der Waals surface area contributed by atoms with Crippen LogP contribution >= 0.6 is 11.8 Å². The van der Waals surface area contributed by atoms with Crippen LogP contribution in [0.5, 0.6) is 0 Å². The molecule has 0 fully saturated rings. The van der Waals surface area contributed by atoms with Gasteiger partial charge in [-0.25, -0.2) is 8.78 Å². The molecule has 0 unspecified atom stereocenters. The largest absolute Gasteiger partial charge is 0.508 e. The molecule has 1 rings (SSSR count). The van der Waals surface area contributed by atoms with Crippen molar-refractivity contribution < 1.29 is 13.9 Å². The first-order valence-corrected chi connectivity index (χ1v) is 5.47. The van der Waals surface area contributed by atoms with Crippen molar-refractivity contribution in [2.24, 2.45) is 0 Å². The number of thioether (sulfide) groups is 1. The van der Waals surface area contributed by atoms with Crippen molar-refractivity contribution in [3.05, 3.63) is 52.6 Å². The van der Waals surface area contributed by atoms with Crippen LogP contribution in [0.4, 0.5) is 8.78 Å². The van der Waals surface area contributed by atoms with Crippen molar-refractivity contribution in [1.29, 1.82) is 0 Å². The van der Waals surface area contributed by atoms with E-state index in [0.717, 1.165) is 12.1 Å². The number of hydrogen-bond acceptors (Lipinski definition) is 2. The second kappa shape index (κ2) is 5.56. The van der Waals surface area contributed by atoms with Gasteiger partial charge in [-0.1, -0.05) is 6.07 Å². The third kappa shape index (κ3) is 3.75. The van der Waals surface area contributed by atoms with Gasteiger partial charge < -0.3 is 5.11 Å². The number of benzene rings is 1. The van der Waals surface area contributed by atoms with E-state index < -0.39 is 11.6 Å². The maximum absolute atomic E-state index is 12.8. The van der Waals surface area contributed by atoms with Crippen molar-refractivity contribution >= 4 is 17.8 Å². The van der Waals surface area contributed by atoms with E-state index in [4.69, 9.17) is 0 Å². The van der Waals surface area contributed by atoms with Gasteiger partial charge in [0.05, 0.1) is 0 Å². The molecule has 80 valence electrons. The van der Waals surface area contributed by atoms with Crippen molar-refractivity contribution in [1.82, 2.24) is 0 Å². The fourth-order valence-corrected chi connectivity index (χ4v) is 1.23. The van der Waals surface area contributed by atoms with Crippen LogP contribution in [-0.4, -0.2) is 11.4 Å². The van der Waals surface area contributed by atoms with Crippen molar-refractivity contribution in [3.8, 4) is 0 Å². The first-order valence-electron chi connectivity index (χ1n) is 4.18. The molecule has 0 aromatic heterocycles. The van der Waals surface area contributed by atoms with Gasteiger partial charge in [-0.05, 0) is 41.5 Å². The van der Waals surface area contributed by atoms with Crippen LogP contribution in [0.15, 0.2) is 35.4 Å². The summed E-state index contributed by atoms with van der Waals surface area (Å²) in [6, 6.07) is 3.44. The molecule has 4 heteroatoms. The van der Waals surface area contributed by atoms with Crippen LogP contribution in [0.3, 0.4) is 0 Å². The van der Waals surface area contributed by atoms with Crippen molar-refractivity contribution in [2.75, 3.05) is 6.26 Å². The first-order chi connectivity index (χ1) is 7.13. The number of aliphatic hydroxyl groups is 1. The Kier molecular flexibility index (Phi) is 4.37. The molecule has 0 heterocycles. The maximum Gasteiger partial charge on any atom is 0.159 e. The first kappa shape index (κ1) is 11.8. The molecule has 0 aliphatic heterocycles. The Morgan fingerprint density at radius 2 is 2.07 bits per heavy atom. The number of hydrogen-bond donors (Lipinski definition) is 1. The summed E-state index contributed by atoms with van der Waals surface area (Å²) < 4.78 is 25.3. The Balaban J connectivity index is 2.88. The van der Waals surface area contributed by atoms with E-state index >= 15 is 0 Å². The summed E-state index contributed by atoms with van der Waals surface area (Å²) in [4.78, 5) is 0. The zero-order valence-corrected chi connectivity index (χ0v) is 8.89. The van der Waals surface area contributed by atoms with Gasteiger partial charge >= 0.3 is 0 Å². The molecule has 0 saturated carbocycles. The van der Waals surface area contributed by atoms with Gasteiger partial charge in [-0.2, -0.15) is 0 Å². The Morgan fingerprint density at radius 3 is 2.67 bits per heavy atom. The molecule has 0 radical (unpaired) electrons. The zero-order chi connectivity index (χ0) is 11.3. The average Bonchev–Trinajstić information content (AvgIpc) is 2.20. The van der Waals surface area contributed by atoms with Gasteiger partial charge in [-0.3, -0.25) is 0 Å². The lowest BCUT2D eigenvalue weighted by atomic mass is 10.2. The van der Waals surface area contributed by atoms with Gasteiger partial charge in [0.15, 0.2) is 11.6 Å². The minimum Gasteiger partial charge on any atom is -0.508 e. The SMILES string of the molecule is CS/C=C/C(O)=C\c1ccc(F)c(F)c1. The second-order valence-corrected chi connectivity index (χ2v) is 3.52. The van der Waals surface area contributed by atoms with Gasteiger partial charge in [-0.15, -0.1) is 11.8 Å². The van der Waals surface area contributed by atoms with Gasteiger partial charge in [0.25, 0.3) is 0 Å². The van der Waals surface area contributed by atoms with E-state index in [9.17, 15) is 13.9 Å². The summed E-state index contributed by atoms with van der Waals surface area (Å²) in [5, 5.41) is 11.0. The molecule has 15 heavy (non-hydrogen) atoms. The summed E-state index contributed by atoms with van der Waals surface area (Å²) in [5.41, 5.74) is 0.414. The standard InChI is InChI=1S/C11H10F2OS/c1-15-5-4-9(14)6-8-2-3-10(12)11(13)7-8/h2-7,14H,1H3/b5-4+,9-6+. The highest BCUT2D eigenvalue weighted by molar-refractivity contribution is 8.01. The molecule has 0 aliphatic carbocycles. The Hall–Kier alpha value is -1.29. The Morgan fingerprint density at radius 1 is 1.33 bits per heavy atom. The van der Waals surface area contributed by atoms with Gasteiger partial charge in [0.2, 0.25) is 0 Å². The summed E-state index contributed by atoms with van der Waals surface area (Å²) in [7, 11) is 0. The third-order valence-electron chi connectivity index (χ3n) is 1.63. The molecule has 1 nitrogen and oxygen atoms in total. The maximum atomic E-state index is 12.8. The quantitative estimate of drug-likeness (QED) is 0.628. The summed E-state index contributed by atoms with van der Waals surface area (Å²) in [6.07, 6.45) is 4.68. The minimum atomic E-state index is -0.926. The molecule has 0 saturated heterocycles. The predicted octanol–water partition coefficient (Wildman–Crippen LogP) is 3.74. The number of halogens is 2. The fourth-order valence-electron chi connectivity index (χ4n) is 0.959. The van der Waals surface area contributed by atoms with E-state index in [-0.39, 0.29) is 5.76 Å². The molecular weight excluding hydrogens is 218 g/mol. The van der Waals surface area contributed by atoms with Crippen molar-refractivity contribution in [3.63, 3.8) is 0 Å². The molecule has 0 bridgehead atoms. The zero-order valence-electron chi connectivity index (χ0n) is 8.08. The molecular formula is C11H10F2OS. The van der Waals surface area contributed by atoms with E-state index in [1.54, 1.807) is 5.41 Å². The lowest BCUT2D eigenvalue weighted by Gasteiger charge is -1.96. The minimum absolute atomic E-state index is 0.00430. The normalized spacial score (nSPS) is 12.3. The number of allylic oxidation sites excluding steroid dienone is 1. The number of aliphatic hydroxyl groups excluding tert-OH is 1. The topological polar surface area (TPSA) is 20.2 Å². The molecule has 0 spiro atoms. The second-order valence-electron chi connectivity index (χ2n) is 2.78. The van der Waals surface area contributed by atoms with E-state index in [0.29, 0.717) is 5.56 Å². The van der Waals surface area contributed by atoms with Crippen LogP contribution in [0.1, 0.15) is 5.56 Å². The summed E-state index contributed by atoms with van der Waals surface area (Å²) in [6.45, 7) is 0. The predicted molar refractivity (Wildman–Crippen MR) is 59.6 cm³/mol. The third-order valence-corrected chi connectivity index (χ3v) is 2.04. The summed E-state index contributed by atoms with van der Waals surface area (Å²) >= 11 is 1.43. The Labute approximate surface area is 91.1 Å². The lowest BCUT2D eigenvalue weighted by molar-refractivity contribution is 0.438. The average molecular weight is 228 g/mol. The molecule has 1 aromatic rings. The van der Waals surface area contributed by atoms with Gasteiger partial charge in [0, 0.05) is 0 Å². The number of rotatable bonds is 3. The highest BCUT2D eigenvalue weighted by Gasteiger charge is 2.00. The summed E-state index contributed by atoms with van der Waals surface area (Å²) in [5.74, 6) is -1.83. The van der Waals surface area contributed by atoms with E-state index in [2.05, 4.69) is 0 Å². The molecule has 0 atom stereocenters. The van der Waals surface area contributed by atoms with Crippen LogP contribution in [0.25, 0.3) is 6.08 Å². The molecule has 1 aromatic carbocycles. The molecule has 0 aliphatic rings. The highest BCUT2D eigenvalue weighted by Crippen LogP contribution is 2.12.